The standard InChI is InChI=1S/C52H79N5O16S/c1-3-12-56(52(61)47-36-46-10-9-45(38-49(46)54-50(53)39-47)44-7-6-8-48(37-44)74(62,63)57-40-43(41-57)42-58)14-5-4-13-55(2)15-17-65-19-21-67-23-25-69-27-29-71-31-33-73-35-34-72-32-30-70-28-26-68-24-22-66-20-18-64-16-11-51(59)60/h6-10,36-38,43,58H,3,11-35,39-42H2,1-2H3,(H2,53,54)(H,59,60). The Kier molecular flexibility index (Phi) is 31.4. The first-order valence-electron chi connectivity index (χ1n) is 25.3. The van der Waals surface area contributed by atoms with E-state index in [-0.39, 0.29) is 49.3 Å². The molecule has 0 bridgehead atoms. The number of hydrogen-bond acceptors (Lipinski definition) is 18. The van der Waals surface area contributed by atoms with Gasteiger partial charge in [0, 0.05) is 56.3 Å². The lowest BCUT2D eigenvalue weighted by molar-refractivity contribution is -0.138. The second-order valence-corrected chi connectivity index (χ2v) is 19.1. The van der Waals surface area contributed by atoms with Gasteiger partial charge in [0.25, 0.3) is 5.91 Å². The highest BCUT2D eigenvalue weighted by Crippen LogP contribution is 2.34. The molecule has 1 saturated heterocycles. The number of carbonyl (C=O) groups excluding carboxylic acids is 1. The number of likely N-dealkylation sites (N-methyl/N-ethyl adjacent to an activating group) is 1. The predicted molar refractivity (Wildman–Crippen MR) is 278 cm³/mol. The maximum absolute atomic E-state index is 13.9. The molecule has 0 atom stereocenters. The number of benzene rings is 2. The highest BCUT2D eigenvalue weighted by molar-refractivity contribution is 7.89. The molecule has 0 unspecified atom stereocenters. The van der Waals surface area contributed by atoms with Crippen molar-refractivity contribution in [2.75, 3.05) is 185 Å². The highest BCUT2D eigenvalue weighted by atomic mass is 32.2. The summed E-state index contributed by atoms with van der Waals surface area (Å²) in [5.41, 5.74) is 9.67. The molecule has 2 aliphatic heterocycles. The fraction of sp³-hybridized carbons (Fsp3) is 0.635. The normalized spacial score (nSPS) is 13.9. The van der Waals surface area contributed by atoms with E-state index in [1.807, 2.05) is 44.3 Å². The summed E-state index contributed by atoms with van der Waals surface area (Å²) >= 11 is 0. The van der Waals surface area contributed by atoms with Gasteiger partial charge in [-0.15, -0.1) is 0 Å². The Labute approximate surface area is 437 Å². The van der Waals surface area contributed by atoms with E-state index >= 15 is 0 Å². The summed E-state index contributed by atoms with van der Waals surface area (Å²) in [6.07, 6.45) is 2.75. The Morgan fingerprint density at radius 2 is 1.18 bits per heavy atom. The topological polar surface area (TPSA) is 249 Å². The number of amides is 1. The number of aliphatic carboxylic acids is 1. The van der Waals surface area contributed by atoms with Gasteiger partial charge in [0.15, 0.2) is 0 Å². The number of aliphatic hydroxyl groups is 1. The number of rotatable bonds is 42. The molecular weight excluding hydrogens is 983 g/mol. The van der Waals surface area contributed by atoms with E-state index in [9.17, 15) is 23.1 Å². The Morgan fingerprint density at radius 1 is 0.689 bits per heavy atom. The van der Waals surface area contributed by atoms with Gasteiger partial charge in [-0.1, -0.05) is 43.0 Å². The van der Waals surface area contributed by atoms with E-state index < -0.39 is 16.0 Å². The maximum Gasteiger partial charge on any atom is 0.305 e. The van der Waals surface area contributed by atoms with Crippen LogP contribution in [0.2, 0.25) is 0 Å². The molecule has 1 fully saturated rings. The quantitative estimate of drug-likeness (QED) is 0.0639. The van der Waals surface area contributed by atoms with Crippen molar-refractivity contribution < 1.29 is 75.6 Å². The number of sulfonamides is 1. The minimum Gasteiger partial charge on any atom is -0.481 e. The Bertz CT molecular complexity index is 2160. The Hall–Kier alpha value is -4.42. The van der Waals surface area contributed by atoms with Crippen LogP contribution in [0.5, 0.6) is 0 Å². The summed E-state index contributed by atoms with van der Waals surface area (Å²) in [6.45, 7) is 13.3. The summed E-state index contributed by atoms with van der Waals surface area (Å²) in [4.78, 5) is 32.9. The van der Waals surface area contributed by atoms with Crippen LogP contribution < -0.4 is 5.73 Å². The van der Waals surface area contributed by atoms with Gasteiger partial charge in [-0.3, -0.25) is 14.5 Å². The summed E-state index contributed by atoms with van der Waals surface area (Å²) in [5, 5.41) is 17.9. The smallest absolute Gasteiger partial charge is 0.305 e. The monoisotopic (exact) mass is 1060 g/mol. The van der Waals surface area contributed by atoms with Crippen molar-refractivity contribution in [1.29, 1.82) is 0 Å². The van der Waals surface area contributed by atoms with Crippen LogP contribution in [0, 0.1) is 17.8 Å². The van der Waals surface area contributed by atoms with Gasteiger partial charge in [-0.2, -0.15) is 4.31 Å². The van der Waals surface area contributed by atoms with Crippen LogP contribution in [0.1, 0.15) is 31.7 Å². The molecule has 0 radical (unpaired) electrons. The first-order valence-corrected chi connectivity index (χ1v) is 26.8. The molecular formula is C52H79N5O16S. The third kappa shape index (κ3) is 24.9. The molecule has 21 nitrogen and oxygen atoms in total. The molecule has 1 amide bonds. The molecule has 0 spiro atoms. The molecule has 0 aromatic heterocycles. The van der Waals surface area contributed by atoms with E-state index in [4.69, 9.17) is 58.2 Å². The predicted octanol–water partition coefficient (Wildman–Crippen LogP) is 2.56. The molecule has 0 saturated carbocycles. The van der Waals surface area contributed by atoms with Crippen LogP contribution in [-0.4, -0.2) is 236 Å². The van der Waals surface area contributed by atoms with Gasteiger partial charge in [0.1, 0.15) is 5.84 Å². The number of hydrogen-bond donors (Lipinski definition) is 3. The maximum atomic E-state index is 13.9. The summed E-state index contributed by atoms with van der Waals surface area (Å²) in [5.74, 6) is 5.57. The lowest BCUT2D eigenvalue weighted by Gasteiger charge is -2.36. The number of ether oxygens (including phenoxy) is 10. The third-order valence-electron chi connectivity index (χ3n) is 11.2. The van der Waals surface area contributed by atoms with Gasteiger partial charge in [0.2, 0.25) is 10.0 Å². The molecule has 2 aromatic rings. The average Bonchev–Trinajstić information content (AvgIpc) is 3.54. The Morgan fingerprint density at radius 3 is 1.68 bits per heavy atom. The number of amidine groups is 1. The van der Waals surface area contributed by atoms with Gasteiger partial charge >= 0.3 is 5.97 Å². The largest absolute Gasteiger partial charge is 0.481 e. The minimum atomic E-state index is -3.68. The number of aliphatic imine (C=N–C) groups is 1. The van der Waals surface area contributed by atoms with Gasteiger partial charge in [-0.05, 0) is 48.9 Å². The molecule has 4 rings (SSSR count). The Balaban J connectivity index is 0.960. The first-order chi connectivity index (χ1) is 36.0. The van der Waals surface area contributed by atoms with Crippen molar-refractivity contribution in [2.45, 2.75) is 31.1 Å². The van der Waals surface area contributed by atoms with Gasteiger partial charge in [-0.25, -0.2) is 13.4 Å². The summed E-state index contributed by atoms with van der Waals surface area (Å²) in [6, 6.07) is 12.4. The zero-order valence-electron chi connectivity index (χ0n) is 43.3. The molecule has 414 valence electrons. The van der Waals surface area contributed by atoms with Crippen LogP contribution >= 0.6 is 0 Å². The molecule has 0 aliphatic carbocycles. The van der Waals surface area contributed by atoms with E-state index in [2.05, 4.69) is 21.7 Å². The van der Waals surface area contributed by atoms with Crippen LogP contribution in [0.3, 0.4) is 0 Å². The van der Waals surface area contributed by atoms with Crippen LogP contribution in [0.25, 0.3) is 17.2 Å². The van der Waals surface area contributed by atoms with Crippen molar-refractivity contribution in [3.63, 3.8) is 0 Å². The lowest BCUT2D eigenvalue weighted by Crippen LogP contribution is -2.51. The van der Waals surface area contributed by atoms with Crippen molar-refractivity contribution in [2.24, 2.45) is 16.6 Å². The fourth-order valence-corrected chi connectivity index (χ4v) is 8.77. The fourth-order valence-electron chi connectivity index (χ4n) is 7.13. The van der Waals surface area contributed by atoms with Crippen molar-refractivity contribution in [3.05, 3.63) is 53.6 Å². The first kappa shape index (κ1) is 62.1. The molecule has 74 heavy (non-hydrogen) atoms. The molecule has 2 heterocycles. The number of aliphatic hydroxyl groups excluding tert-OH is 1. The van der Waals surface area contributed by atoms with E-state index in [0.717, 1.165) is 17.5 Å². The van der Waals surface area contributed by atoms with Crippen molar-refractivity contribution in [1.82, 2.24) is 14.1 Å². The van der Waals surface area contributed by atoms with Crippen LogP contribution in [0.15, 0.2) is 57.9 Å². The number of carbonyl (C=O) groups is 2. The van der Waals surface area contributed by atoms with Crippen molar-refractivity contribution in [3.8, 4) is 23.0 Å². The number of nitrogens with zero attached hydrogens (tertiary/aromatic N) is 4. The van der Waals surface area contributed by atoms with Crippen LogP contribution in [0.4, 0.5) is 5.69 Å². The molecule has 2 aliphatic rings. The number of carboxylic acids is 1. The SMILES string of the molecule is CCCN(CC#CCN(C)CCOCCOCCOCCOCCOCCOCCOCCOCCOCCOCCC(=O)O)C(=O)C1=Cc2ccc(-c3cccc(S(=O)(=O)N4CC(CO)C4)c3)cc2N=C(N)C1. The van der Waals surface area contributed by atoms with Gasteiger partial charge < -0.3 is 68.2 Å². The lowest BCUT2D eigenvalue weighted by atomic mass is 10.0. The number of fused-ring (bicyclic) bond motifs is 1. The van der Waals surface area contributed by atoms with E-state index in [0.29, 0.717) is 181 Å². The van der Waals surface area contributed by atoms with E-state index in [1.54, 1.807) is 23.1 Å². The molecule has 22 heteroatoms. The van der Waals surface area contributed by atoms with E-state index in [1.165, 1.54) is 4.31 Å². The van der Waals surface area contributed by atoms with Crippen LogP contribution in [-0.2, 0) is 67.0 Å². The zero-order chi connectivity index (χ0) is 53.1. The highest BCUT2D eigenvalue weighted by Gasteiger charge is 2.36. The number of carboxylic acid groups (broad SMARTS) is 1. The molecule has 2 aromatic carbocycles. The summed E-state index contributed by atoms with van der Waals surface area (Å²) in [7, 11) is -1.72. The number of nitrogens with two attached hydrogens (primary N) is 1. The molecule has 4 N–H and O–H groups in total. The second kappa shape index (κ2) is 37.3. The second-order valence-electron chi connectivity index (χ2n) is 17.2. The van der Waals surface area contributed by atoms with Crippen molar-refractivity contribution >= 4 is 39.5 Å². The zero-order valence-corrected chi connectivity index (χ0v) is 44.1. The summed E-state index contributed by atoms with van der Waals surface area (Å²) < 4.78 is 82.5. The van der Waals surface area contributed by atoms with Gasteiger partial charge in [0.05, 0.1) is 162 Å². The average molecular weight is 1060 g/mol. The minimum absolute atomic E-state index is 0.0144. The third-order valence-corrected chi connectivity index (χ3v) is 13.0.